The Morgan fingerprint density at radius 2 is 1.79 bits per heavy atom. The highest BCUT2D eigenvalue weighted by molar-refractivity contribution is 8.22. The van der Waals surface area contributed by atoms with E-state index in [4.69, 9.17) is 0 Å². The maximum Gasteiger partial charge on any atom is 0.308 e. The molecule has 0 spiro atoms. The van der Waals surface area contributed by atoms with Gasteiger partial charge >= 0.3 is 5.70 Å². The van der Waals surface area contributed by atoms with Crippen molar-refractivity contribution in [2.75, 3.05) is 11.5 Å². The van der Waals surface area contributed by atoms with Gasteiger partial charge in [-0.25, -0.2) is 0 Å². The molecule has 0 aliphatic carbocycles. The van der Waals surface area contributed by atoms with Gasteiger partial charge in [0.2, 0.25) is 0 Å². The van der Waals surface area contributed by atoms with E-state index in [1.807, 2.05) is 73.3 Å². The van der Waals surface area contributed by atoms with Gasteiger partial charge in [-0.15, -0.1) is 23.5 Å². The number of pyridine rings is 1. The minimum atomic E-state index is 0.0704. The Kier molecular flexibility index (Phi) is 7.10. The summed E-state index contributed by atoms with van der Waals surface area (Å²) < 4.78 is 2.68. The Labute approximate surface area is 151 Å². The van der Waals surface area contributed by atoms with E-state index in [0.717, 1.165) is 15.6 Å². The maximum atomic E-state index is 12.3. The molecular formula is C19H19N2OS2+. The van der Waals surface area contributed by atoms with Gasteiger partial charge in [-0.05, 0) is 18.2 Å². The fourth-order valence-corrected chi connectivity index (χ4v) is 4.14. The van der Waals surface area contributed by atoms with Crippen molar-refractivity contribution in [3.05, 3.63) is 70.2 Å². The van der Waals surface area contributed by atoms with E-state index >= 15 is 0 Å². The minimum absolute atomic E-state index is 0.0704. The van der Waals surface area contributed by atoms with E-state index in [-0.39, 0.29) is 5.78 Å². The largest absolute Gasteiger partial charge is 0.308 e. The van der Waals surface area contributed by atoms with Crippen LogP contribution in [0, 0.1) is 18.3 Å². The standard InChI is InChI=1S/C19H19N2OS2/c1-3-23-19(17(13-20)21-11-9-15(2)10-12-21)24-14-18(22)16-7-5-4-6-8-16/h4-12H,3,14H2,1-2H3/q+1/b19-17-. The van der Waals surface area contributed by atoms with Crippen molar-refractivity contribution in [3.63, 3.8) is 0 Å². The van der Waals surface area contributed by atoms with Crippen molar-refractivity contribution >= 4 is 35.0 Å². The number of ketones is 1. The molecule has 0 aliphatic heterocycles. The second-order valence-electron chi connectivity index (χ2n) is 5.04. The van der Waals surface area contributed by atoms with E-state index in [0.29, 0.717) is 17.0 Å². The zero-order chi connectivity index (χ0) is 17.4. The third-order valence-electron chi connectivity index (χ3n) is 3.26. The number of hydrogen-bond donors (Lipinski definition) is 0. The molecule has 1 heterocycles. The van der Waals surface area contributed by atoms with Gasteiger partial charge in [0.15, 0.2) is 24.2 Å². The van der Waals surface area contributed by atoms with Gasteiger partial charge in [0, 0.05) is 17.7 Å². The quantitative estimate of drug-likeness (QED) is 0.422. The smallest absolute Gasteiger partial charge is 0.293 e. The van der Waals surface area contributed by atoms with Crippen LogP contribution in [-0.2, 0) is 0 Å². The molecular weight excluding hydrogens is 336 g/mol. The molecule has 0 N–H and O–H groups in total. The van der Waals surface area contributed by atoms with Gasteiger partial charge in [-0.1, -0.05) is 37.3 Å². The number of carbonyl (C=O) groups is 1. The summed E-state index contributed by atoms with van der Waals surface area (Å²) in [5.41, 5.74) is 2.40. The third kappa shape index (κ3) is 4.98. The summed E-state index contributed by atoms with van der Waals surface area (Å²) in [6.07, 6.45) is 3.76. The lowest BCUT2D eigenvalue weighted by Crippen LogP contribution is -2.31. The first-order chi connectivity index (χ1) is 11.7. The molecule has 2 rings (SSSR count). The second-order valence-corrected chi connectivity index (χ2v) is 7.56. The number of hydrogen-bond acceptors (Lipinski definition) is 4. The topological polar surface area (TPSA) is 44.7 Å². The van der Waals surface area contributed by atoms with E-state index in [1.165, 1.54) is 11.8 Å². The fourth-order valence-electron chi connectivity index (χ4n) is 2.01. The highest BCUT2D eigenvalue weighted by atomic mass is 32.2. The summed E-state index contributed by atoms with van der Waals surface area (Å²) >= 11 is 3.02. The monoisotopic (exact) mass is 355 g/mol. The normalized spacial score (nSPS) is 11.5. The Morgan fingerprint density at radius 1 is 1.12 bits per heavy atom. The Hall–Kier alpha value is -2.03. The lowest BCUT2D eigenvalue weighted by Gasteiger charge is -2.05. The van der Waals surface area contributed by atoms with Gasteiger partial charge in [-0.3, -0.25) is 4.79 Å². The molecule has 1 aromatic heterocycles. The Bertz CT molecular complexity index is 762. The van der Waals surface area contributed by atoms with Gasteiger partial charge < -0.3 is 0 Å². The highest BCUT2D eigenvalue weighted by Crippen LogP contribution is 2.32. The molecule has 0 atom stereocenters. The van der Waals surface area contributed by atoms with Crippen molar-refractivity contribution in [2.24, 2.45) is 0 Å². The molecule has 2 aromatic rings. The van der Waals surface area contributed by atoms with Crippen LogP contribution in [0.25, 0.3) is 5.70 Å². The molecule has 0 fully saturated rings. The summed E-state index contributed by atoms with van der Waals surface area (Å²) in [7, 11) is 0. The van der Waals surface area contributed by atoms with Crippen LogP contribution >= 0.6 is 23.5 Å². The van der Waals surface area contributed by atoms with Crippen LogP contribution in [0.3, 0.4) is 0 Å². The molecule has 1 aromatic carbocycles. The number of carbonyl (C=O) groups excluding carboxylic acids is 1. The molecule has 0 aliphatic rings. The van der Waals surface area contributed by atoms with Crippen LogP contribution in [0.15, 0.2) is 59.1 Å². The SMILES string of the molecule is CCS/C(SCC(=O)c1ccccc1)=C(\C#N)[n+]1ccc(C)cc1. The predicted octanol–water partition coefficient (Wildman–Crippen LogP) is 4.30. The maximum absolute atomic E-state index is 12.3. The van der Waals surface area contributed by atoms with Gasteiger partial charge in [0.05, 0.1) is 5.75 Å². The summed E-state index contributed by atoms with van der Waals surface area (Å²) in [6, 6.07) is 15.5. The minimum Gasteiger partial charge on any atom is -0.293 e. The van der Waals surface area contributed by atoms with Crippen molar-refractivity contribution < 1.29 is 9.36 Å². The number of allylic oxidation sites excluding steroid dienone is 1. The summed E-state index contributed by atoms with van der Waals surface area (Å²) in [5, 5.41) is 9.59. The zero-order valence-corrected chi connectivity index (χ0v) is 15.4. The molecule has 24 heavy (non-hydrogen) atoms. The lowest BCUT2D eigenvalue weighted by atomic mass is 10.2. The number of aryl methyl sites for hydroxylation is 1. The Morgan fingerprint density at radius 3 is 2.38 bits per heavy atom. The highest BCUT2D eigenvalue weighted by Gasteiger charge is 2.19. The zero-order valence-electron chi connectivity index (χ0n) is 13.7. The number of thioether (sulfide) groups is 2. The van der Waals surface area contributed by atoms with Crippen LogP contribution in [0.4, 0.5) is 0 Å². The molecule has 122 valence electrons. The molecule has 0 amide bonds. The predicted molar refractivity (Wildman–Crippen MR) is 102 cm³/mol. The third-order valence-corrected chi connectivity index (χ3v) is 5.57. The molecule has 3 nitrogen and oxygen atoms in total. The van der Waals surface area contributed by atoms with E-state index < -0.39 is 0 Å². The second kappa shape index (κ2) is 9.31. The van der Waals surface area contributed by atoms with Gasteiger partial charge in [-0.2, -0.15) is 9.83 Å². The molecule has 5 heteroatoms. The van der Waals surface area contributed by atoms with Gasteiger partial charge in [0.1, 0.15) is 4.24 Å². The summed E-state index contributed by atoms with van der Waals surface area (Å²) in [6.45, 7) is 4.05. The van der Waals surface area contributed by atoms with E-state index in [2.05, 4.69) is 6.07 Å². The number of nitriles is 1. The number of benzene rings is 1. The number of rotatable bonds is 7. The number of nitrogens with zero attached hydrogens (tertiary/aromatic N) is 2. The molecule has 0 bridgehead atoms. The van der Waals surface area contributed by atoms with Crippen molar-refractivity contribution in [3.8, 4) is 6.07 Å². The van der Waals surface area contributed by atoms with Crippen molar-refractivity contribution in [1.82, 2.24) is 0 Å². The average Bonchev–Trinajstić information content (AvgIpc) is 2.62. The van der Waals surface area contributed by atoms with E-state index in [9.17, 15) is 10.1 Å². The van der Waals surface area contributed by atoms with Crippen LogP contribution in [0.5, 0.6) is 0 Å². The molecule has 0 radical (unpaired) electrons. The Balaban J connectivity index is 2.22. The molecule has 0 unspecified atom stereocenters. The van der Waals surface area contributed by atoms with Crippen LogP contribution in [-0.4, -0.2) is 17.3 Å². The van der Waals surface area contributed by atoms with Crippen LogP contribution in [0.1, 0.15) is 22.8 Å². The lowest BCUT2D eigenvalue weighted by molar-refractivity contribution is -0.577. The number of Topliss-reactive ketones (excluding diaryl/α,β-unsaturated/α-hetero) is 1. The molecule has 0 saturated carbocycles. The van der Waals surface area contributed by atoms with Crippen molar-refractivity contribution in [1.29, 1.82) is 5.26 Å². The first-order valence-corrected chi connectivity index (χ1v) is 9.59. The average molecular weight is 356 g/mol. The number of aromatic nitrogens is 1. The first kappa shape index (κ1) is 18.3. The summed E-state index contributed by atoms with van der Waals surface area (Å²) in [4.78, 5) is 12.3. The van der Waals surface area contributed by atoms with E-state index in [1.54, 1.807) is 11.8 Å². The van der Waals surface area contributed by atoms with Crippen LogP contribution < -0.4 is 4.57 Å². The fraction of sp³-hybridized carbons (Fsp3) is 0.211. The summed E-state index contributed by atoms with van der Waals surface area (Å²) in [5.74, 6) is 1.24. The molecule has 0 saturated heterocycles. The van der Waals surface area contributed by atoms with Gasteiger partial charge in [0.25, 0.3) is 0 Å². The first-order valence-electron chi connectivity index (χ1n) is 7.62. The van der Waals surface area contributed by atoms with Crippen molar-refractivity contribution in [2.45, 2.75) is 13.8 Å². The van der Waals surface area contributed by atoms with Crippen LogP contribution in [0.2, 0.25) is 0 Å².